The first-order valence-corrected chi connectivity index (χ1v) is 10.3. The van der Waals surface area contributed by atoms with Crippen LogP contribution in [0.15, 0.2) is 30.9 Å². The van der Waals surface area contributed by atoms with Crippen molar-refractivity contribution >= 4 is 0 Å². The first-order valence-electron chi connectivity index (χ1n) is 10.3. The van der Waals surface area contributed by atoms with Gasteiger partial charge >= 0.3 is 0 Å². The van der Waals surface area contributed by atoms with Crippen LogP contribution in [0.2, 0.25) is 0 Å². The van der Waals surface area contributed by atoms with Crippen LogP contribution in [0, 0.1) is 29.4 Å². The maximum absolute atomic E-state index is 13.3. The minimum absolute atomic E-state index is 0.267. The van der Waals surface area contributed by atoms with Crippen molar-refractivity contribution in [2.24, 2.45) is 17.8 Å². The molecule has 0 spiro atoms. The quantitative estimate of drug-likeness (QED) is 0.484. The Morgan fingerprint density at radius 3 is 2.19 bits per heavy atom. The third-order valence-corrected chi connectivity index (χ3v) is 6.53. The average molecular weight is 363 g/mol. The number of ether oxygens (including phenoxy) is 1. The van der Waals surface area contributed by atoms with Gasteiger partial charge in [0.05, 0.1) is 12.7 Å². The van der Waals surface area contributed by atoms with E-state index in [4.69, 9.17) is 4.74 Å². The lowest BCUT2D eigenvalue weighted by atomic mass is 9.70. The van der Waals surface area contributed by atoms with Crippen LogP contribution in [0.1, 0.15) is 69.8 Å². The van der Waals surface area contributed by atoms with Gasteiger partial charge in [-0.05, 0) is 86.8 Å². The molecule has 0 heterocycles. The maximum atomic E-state index is 13.3. The van der Waals surface area contributed by atoms with Crippen LogP contribution in [0.5, 0.6) is 0 Å². The van der Waals surface area contributed by atoms with Gasteiger partial charge in [0.1, 0.15) is 0 Å². The molecule has 3 rings (SSSR count). The summed E-state index contributed by atoms with van der Waals surface area (Å²) in [4.78, 5) is 0. The lowest BCUT2D eigenvalue weighted by Crippen LogP contribution is -2.28. The Bertz CT molecular complexity index is 570. The maximum Gasteiger partial charge on any atom is 0.159 e. The van der Waals surface area contributed by atoms with E-state index in [1.807, 2.05) is 6.08 Å². The summed E-state index contributed by atoms with van der Waals surface area (Å²) in [5, 5.41) is 0. The lowest BCUT2D eigenvalue weighted by molar-refractivity contribution is -0.00293. The molecule has 2 aliphatic carbocycles. The second kappa shape index (κ2) is 9.64. The molecule has 0 atom stereocenters. The van der Waals surface area contributed by atoms with Crippen molar-refractivity contribution in [2.75, 3.05) is 0 Å². The highest BCUT2D eigenvalue weighted by molar-refractivity contribution is 5.16. The molecular formula is C23H32F2O. The third-order valence-electron chi connectivity index (χ3n) is 6.53. The molecule has 0 N–H and O–H groups in total. The Balaban J connectivity index is 1.36. The molecule has 0 radical (unpaired) electrons. The van der Waals surface area contributed by atoms with Crippen LogP contribution in [-0.2, 0) is 11.3 Å². The zero-order chi connectivity index (χ0) is 18.4. The fraction of sp³-hybridized carbons (Fsp3) is 0.652. The largest absolute Gasteiger partial charge is 0.374 e. The van der Waals surface area contributed by atoms with Crippen molar-refractivity contribution in [1.29, 1.82) is 0 Å². The molecule has 0 amide bonds. The van der Waals surface area contributed by atoms with Gasteiger partial charge in [0, 0.05) is 0 Å². The van der Waals surface area contributed by atoms with Gasteiger partial charge in [-0.2, -0.15) is 0 Å². The summed E-state index contributed by atoms with van der Waals surface area (Å²) in [5.41, 5.74) is 0.712. The van der Waals surface area contributed by atoms with Crippen molar-refractivity contribution in [1.82, 2.24) is 0 Å². The predicted molar refractivity (Wildman–Crippen MR) is 102 cm³/mol. The molecule has 3 heteroatoms. The molecule has 0 aromatic heterocycles. The Hall–Kier alpha value is -1.22. The summed E-state index contributed by atoms with van der Waals surface area (Å²) in [6.07, 6.45) is 15.1. The Kier molecular flexibility index (Phi) is 7.24. The lowest BCUT2D eigenvalue weighted by Gasteiger charge is -2.37. The average Bonchev–Trinajstić information content (AvgIpc) is 2.68. The summed E-state index contributed by atoms with van der Waals surface area (Å²) in [5.74, 6) is 1.09. The number of hydrogen-bond acceptors (Lipinski definition) is 1. The summed E-state index contributed by atoms with van der Waals surface area (Å²) in [6, 6.07) is 4.02. The number of hydrogen-bond donors (Lipinski definition) is 0. The summed E-state index contributed by atoms with van der Waals surface area (Å²) >= 11 is 0. The van der Waals surface area contributed by atoms with E-state index in [1.165, 1.54) is 57.1 Å². The van der Waals surface area contributed by atoms with Gasteiger partial charge in [-0.3, -0.25) is 0 Å². The van der Waals surface area contributed by atoms with Crippen molar-refractivity contribution < 1.29 is 13.5 Å². The molecule has 2 aliphatic rings. The van der Waals surface area contributed by atoms with Crippen molar-refractivity contribution in [2.45, 2.75) is 76.9 Å². The molecule has 1 nitrogen and oxygen atoms in total. The smallest absolute Gasteiger partial charge is 0.159 e. The second-order valence-corrected chi connectivity index (χ2v) is 8.24. The van der Waals surface area contributed by atoms with Crippen LogP contribution in [0.4, 0.5) is 8.78 Å². The normalized spacial score (nSPS) is 29.5. The highest BCUT2D eigenvalue weighted by Crippen LogP contribution is 2.41. The van der Waals surface area contributed by atoms with Crippen LogP contribution >= 0.6 is 0 Å². The number of rotatable bonds is 7. The Morgan fingerprint density at radius 2 is 1.58 bits per heavy atom. The van der Waals surface area contributed by atoms with Gasteiger partial charge in [0.25, 0.3) is 0 Å². The summed E-state index contributed by atoms with van der Waals surface area (Å²) < 4.78 is 32.2. The van der Waals surface area contributed by atoms with Crippen molar-refractivity contribution in [3.8, 4) is 0 Å². The topological polar surface area (TPSA) is 9.23 Å². The van der Waals surface area contributed by atoms with Crippen LogP contribution < -0.4 is 0 Å². The number of allylic oxidation sites excluding steroid dienone is 1. The van der Waals surface area contributed by atoms with Gasteiger partial charge in [-0.1, -0.05) is 25.0 Å². The SMILES string of the molecule is C=CCCC1CCC(C2CCC(OCc3ccc(F)c(F)c3)CC2)CC1. The molecular weight excluding hydrogens is 330 g/mol. The predicted octanol–water partition coefficient (Wildman–Crippen LogP) is 6.81. The van der Waals surface area contributed by atoms with Crippen molar-refractivity contribution in [3.63, 3.8) is 0 Å². The van der Waals surface area contributed by atoms with Gasteiger partial charge in [0.15, 0.2) is 11.6 Å². The van der Waals surface area contributed by atoms with Crippen molar-refractivity contribution in [3.05, 3.63) is 48.1 Å². The fourth-order valence-corrected chi connectivity index (χ4v) is 4.87. The number of halogens is 2. The van der Waals surface area contributed by atoms with Gasteiger partial charge in [-0.25, -0.2) is 8.78 Å². The Morgan fingerprint density at radius 1 is 0.923 bits per heavy atom. The summed E-state index contributed by atoms with van der Waals surface area (Å²) in [6.45, 7) is 4.21. The van der Waals surface area contributed by atoms with E-state index in [1.54, 1.807) is 6.07 Å². The van der Waals surface area contributed by atoms with Crippen LogP contribution in [0.25, 0.3) is 0 Å². The molecule has 144 valence electrons. The first-order chi connectivity index (χ1) is 12.7. The van der Waals surface area contributed by atoms with Gasteiger partial charge in [-0.15, -0.1) is 6.58 Å². The van der Waals surface area contributed by atoms with E-state index < -0.39 is 11.6 Å². The monoisotopic (exact) mass is 362 g/mol. The molecule has 0 aliphatic heterocycles. The molecule has 1 aromatic carbocycles. The Labute approximate surface area is 156 Å². The van der Waals surface area contributed by atoms with E-state index in [-0.39, 0.29) is 6.10 Å². The highest BCUT2D eigenvalue weighted by atomic mass is 19.2. The molecule has 2 fully saturated rings. The zero-order valence-corrected chi connectivity index (χ0v) is 15.8. The van der Waals surface area contributed by atoms with E-state index >= 15 is 0 Å². The second-order valence-electron chi connectivity index (χ2n) is 8.24. The molecule has 1 aromatic rings. The van der Waals surface area contributed by atoms with E-state index in [2.05, 4.69) is 6.58 Å². The standard InChI is InChI=1S/C23H32F2O/c1-2-3-4-17-5-8-19(9-6-17)20-10-12-21(13-11-20)26-16-18-7-14-22(24)23(25)15-18/h2,7,14-15,17,19-21H,1,3-6,8-13,16H2. The van der Waals surface area contributed by atoms with Gasteiger partial charge in [0.2, 0.25) is 0 Å². The molecule has 0 unspecified atom stereocenters. The molecule has 0 saturated heterocycles. The third kappa shape index (κ3) is 5.39. The minimum atomic E-state index is -0.798. The summed E-state index contributed by atoms with van der Waals surface area (Å²) in [7, 11) is 0. The first kappa shape index (κ1) is 19.5. The van der Waals surface area contributed by atoms with E-state index in [0.29, 0.717) is 12.2 Å². The number of benzene rings is 1. The molecule has 0 bridgehead atoms. The van der Waals surface area contributed by atoms with E-state index in [9.17, 15) is 8.78 Å². The van der Waals surface area contributed by atoms with Crippen LogP contribution in [-0.4, -0.2) is 6.10 Å². The zero-order valence-electron chi connectivity index (χ0n) is 15.8. The van der Waals surface area contributed by atoms with E-state index in [0.717, 1.165) is 37.0 Å². The molecule has 2 saturated carbocycles. The van der Waals surface area contributed by atoms with Crippen LogP contribution in [0.3, 0.4) is 0 Å². The van der Waals surface area contributed by atoms with Gasteiger partial charge < -0.3 is 4.74 Å². The molecule has 26 heavy (non-hydrogen) atoms. The minimum Gasteiger partial charge on any atom is -0.374 e. The highest BCUT2D eigenvalue weighted by Gasteiger charge is 2.30. The fourth-order valence-electron chi connectivity index (χ4n) is 4.87.